The summed E-state index contributed by atoms with van der Waals surface area (Å²) in [5.41, 5.74) is 1.91. The molecule has 0 saturated heterocycles. The number of aliphatic hydroxyl groups is 1. The molecule has 1 aromatic heterocycles. The van der Waals surface area contributed by atoms with Crippen LogP contribution in [-0.4, -0.2) is 29.8 Å². The molecule has 0 aliphatic heterocycles. The number of aryl methyl sites for hydroxylation is 1. The number of aromatic nitrogens is 1. The van der Waals surface area contributed by atoms with Crippen LogP contribution in [0.5, 0.6) is 5.75 Å². The second-order valence-corrected chi connectivity index (χ2v) is 3.93. The van der Waals surface area contributed by atoms with Crippen molar-refractivity contribution in [3.8, 4) is 5.75 Å². The van der Waals surface area contributed by atoms with Crippen molar-refractivity contribution in [2.45, 2.75) is 32.9 Å². The highest BCUT2D eigenvalue weighted by molar-refractivity contribution is 5.26. The molecule has 2 N–H and O–H groups in total. The van der Waals surface area contributed by atoms with Gasteiger partial charge in [0.25, 0.3) is 0 Å². The molecule has 0 fully saturated rings. The molecule has 0 amide bonds. The summed E-state index contributed by atoms with van der Waals surface area (Å²) in [7, 11) is 1.65. The number of hydrogen-bond donors (Lipinski definition) is 2. The van der Waals surface area contributed by atoms with Crippen LogP contribution in [0.25, 0.3) is 0 Å². The maximum Gasteiger partial charge on any atom is 0.122 e. The molecule has 1 heterocycles. The molecule has 16 heavy (non-hydrogen) atoms. The topological polar surface area (TPSA) is 54.4 Å². The minimum atomic E-state index is 0.207. The van der Waals surface area contributed by atoms with Gasteiger partial charge in [0.05, 0.1) is 12.8 Å². The molecular formula is C12H20N2O2. The minimum Gasteiger partial charge on any atom is -0.497 e. The SMILES string of the molecule is COc1cc(C)nc(CN[C@H](C)CCO)c1. The van der Waals surface area contributed by atoms with Crippen molar-refractivity contribution in [3.05, 3.63) is 23.5 Å². The van der Waals surface area contributed by atoms with Crippen LogP contribution in [0.1, 0.15) is 24.7 Å². The summed E-state index contributed by atoms with van der Waals surface area (Å²) >= 11 is 0. The summed E-state index contributed by atoms with van der Waals surface area (Å²) in [6.07, 6.45) is 0.753. The number of ether oxygens (including phenoxy) is 1. The van der Waals surface area contributed by atoms with E-state index < -0.39 is 0 Å². The zero-order valence-corrected chi connectivity index (χ0v) is 10.2. The van der Waals surface area contributed by atoms with E-state index in [0.717, 1.165) is 23.6 Å². The summed E-state index contributed by atoms with van der Waals surface area (Å²) in [4.78, 5) is 4.41. The van der Waals surface area contributed by atoms with Crippen molar-refractivity contribution in [2.24, 2.45) is 0 Å². The fraction of sp³-hybridized carbons (Fsp3) is 0.583. The largest absolute Gasteiger partial charge is 0.497 e. The molecule has 0 aromatic carbocycles. The summed E-state index contributed by atoms with van der Waals surface area (Å²) < 4.78 is 5.18. The molecule has 0 bridgehead atoms. The number of pyridine rings is 1. The van der Waals surface area contributed by atoms with Gasteiger partial charge in [0.15, 0.2) is 0 Å². The smallest absolute Gasteiger partial charge is 0.122 e. The lowest BCUT2D eigenvalue weighted by atomic mass is 10.2. The van der Waals surface area contributed by atoms with Crippen LogP contribution in [-0.2, 0) is 6.54 Å². The van der Waals surface area contributed by atoms with Gasteiger partial charge in [-0.2, -0.15) is 0 Å². The van der Waals surface area contributed by atoms with Gasteiger partial charge in [0, 0.05) is 37.0 Å². The summed E-state index contributed by atoms with van der Waals surface area (Å²) in [5, 5.41) is 12.1. The minimum absolute atomic E-state index is 0.207. The second-order valence-electron chi connectivity index (χ2n) is 3.93. The molecule has 1 aromatic rings. The fourth-order valence-electron chi connectivity index (χ4n) is 1.49. The monoisotopic (exact) mass is 224 g/mol. The van der Waals surface area contributed by atoms with Crippen LogP contribution >= 0.6 is 0 Å². The quantitative estimate of drug-likeness (QED) is 0.764. The molecule has 4 nitrogen and oxygen atoms in total. The average Bonchev–Trinajstić information content (AvgIpc) is 2.26. The summed E-state index contributed by atoms with van der Waals surface area (Å²) in [6.45, 7) is 4.89. The van der Waals surface area contributed by atoms with E-state index in [2.05, 4.69) is 10.3 Å². The lowest BCUT2D eigenvalue weighted by Crippen LogP contribution is -2.26. The standard InChI is InChI=1S/C12H20N2O2/c1-9(4-5-15)13-8-11-7-12(16-3)6-10(2)14-11/h6-7,9,13,15H,4-5,8H2,1-3H3/t9-/m1/s1. The Morgan fingerprint density at radius 3 is 2.88 bits per heavy atom. The molecule has 0 aliphatic carbocycles. The van der Waals surface area contributed by atoms with E-state index in [0.29, 0.717) is 12.6 Å². The van der Waals surface area contributed by atoms with Crippen molar-refractivity contribution in [3.63, 3.8) is 0 Å². The second kappa shape index (κ2) is 6.45. The Labute approximate surface area is 96.7 Å². The molecule has 0 radical (unpaired) electrons. The maximum absolute atomic E-state index is 8.78. The molecule has 0 unspecified atom stereocenters. The predicted octanol–water partition coefficient (Wildman–Crippen LogP) is 1.26. The Bertz CT molecular complexity index is 329. The van der Waals surface area contributed by atoms with E-state index in [1.807, 2.05) is 26.0 Å². The van der Waals surface area contributed by atoms with Gasteiger partial charge in [-0.15, -0.1) is 0 Å². The fourth-order valence-corrected chi connectivity index (χ4v) is 1.49. The Hall–Kier alpha value is -1.13. The molecule has 0 saturated carbocycles. The first kappa shape index (κ1) is 12.9. The van der Waals surface area contributed by atoms with Crippen molar-refractivity contribution < 1.29 is 9.84 Å². The zero-order chi connectivity index (χ0) is 12.0. The van der Waals surface area contributed by atoms with Crippen LogP contribution in [0.15, 0.2) is 12.1 Å². The Morgan fingerprint density at radius 2 is 2.25 bits per heavy atom. The van der Waals surface area contributed by atoms with Crippen LogP contribution in [0.2, 0.25) is 0 Å². The number of rotatable bonds is 6. The van der Waals surface area contributed by atoms with Crippen molar-refractivity contribution in [1.29, 1.82) is 0 Å². The first-order valence-electron chi connectivity index (χ1n) is 5.51. The number of nitrogens with one attached hydrogen (secondary N) is 1. The molecule has 90 valence electrons. The van der Waals surface area contributed by atoms with Crippen molar-refractivity contribution >= 4 is 0 Å². The number of nitrogens with zero attached hydrogens (tertiary/aromatic N) is 1. The third kappa shape index (κ3) is 4.16. The molecular weight excluding hydrogens is 204 g/mol. The lowest BCUT2D eigenvalue weighted by molar-refractivity contribution is 0.268. The highest BCUT2D eigenvalue weighted by atomic mass is 16.5. The molecule has 1 rings (SSSR count). The number of hydrogen-bond acceptors (Lipinski definition) is 4. The molecule has 0 aliphatic rings. The number of methoxy groups -OCH3 is 1. The first-order valence-corrected chi connectivity index (χ1v) is 5.51. The van der Waals surface area contributed by atoms with Gasteiger partial charge < -0.3 is 15.2 Å². The maximum atomic E-state index is 8.78. The van der Waals surface area contributed by atoms with Gasteiger partial charge in [0.1, 0.15) is 5.75 Å². The Morgan fingerprint density at radius 1 is 1.50 bits per heavy atom. The van der Waals surface area contributed by atoms with Crippen LogP contribution in [0.4, 0.5) is 0 Å². The highest BCUT2D eigenvalue weighted by Gasteiger charge is 2.03. The van der Waals surface area contributed by atoms with E-state index in [1.165, 1.54) is 0 Å². The van der Waals surface area contributed by atoms with E-state index in [9.17, 15) is 0 Å². The van der Waals surface area contributed by atoms with Crippen molar-refractivity contribution in [1.82, 2.24) is 10.3 Å². The van der Waals surface area contributed by atoms with Crippen LogP contribution in [0, 0.1) is 6.92 Å². The van der Waals surface area contributed by atoms with Gasteiger partial charge in [-0.25, -0.2) is 0 Å². The average molecular weight is 224 g/mol. The van der Waals surface area contributed by atoms with Gasteiger partial charge in [0.2, 0.25) is 0 Å². The zero-order valence-electron chi connectivity index (χ0n) is 10.2. The van der Waals surface area contributed by atoms with Crippen LogP contribution in [0.3, 0.4) is 0 Å². The van der Waals surface area contributed by atoms with Gasteiger partial charge in [-0.3, -0.25) is 4.98 Å². The summed E-state index contributed by atoms with van der Waals surface area (Å²) in [5.74, 6) is 0.833. The Balaban J connectivity index is 2.56. The third-order valence-electron chi connectivity index (χ3n) is 2.41. The lowest BCUT2D eigenvalue weighted by Gasteiger charge is -2.12. The third-order valence-corrected chi connectivity index (χ3v) is 2.41. The first-order chi connectivity index (χ1) is 7.65. The van der Waals surface area contributed by atoms with Crippen molar-refractivity contribution in [2.75, 3.05) is 13.7 Å². The summed E-state index contributed by atoms with van der Waals surface area (Å²) in [6, 6.07) is 4.12. The Kier molecular flexibility index (Phi) is 5.22. The van der Waals surface area contributed by atoms with Crippen LogP contribution < -0.4 is 10.1 Å². The van der Waals surface area contributed by atoms with E-state index in [1.54, 1.807) is 7.11 Å². The van der Waals surface area contributed by atoms with Gasteiger partial charge >= 0.3 is 0 Å². The predicted molar refractivity (Wildman–Crippen MR) is 63.5 cm³/mol. The molecule has 0 spiro atoms. The molecule has 4 heteroatoms. The van der Waals surface area contributed by atoms with Gasteiger partial charge in [-0.1, -0.05) is 0 Å². The van der Waals surface area contributed by atoms with E-state index in [4.69, 9.17) is 9.84 Å². The molecule has 1 atom stereocenters. The highest BCUT2D eigenvalue weighted by Crippen LogP contribution is 2.13. The van der Waals surface area contributed by atoms with Gasteiger partial charge in [-0.05, 0) is 20.3 Å². The number of aliphatic hydroxyl groups excluding tert-OH is 1. The normalized spacial score (nSPS) is 12.5. The van der Waals surface area contributed by atoms with E-state index in [-0.39, 0.29) is 6.61 Å². The van der Waals surface area contributed by atoms with E-state index >= 15 is 0 Å².